The van der Waals surface area contributed by atoms with E-state index in [0.29, 0.717) is 5.75 Å². The molecule has 0 unspecified atom stereocenters. The van der Waals surface area contributed by atoms with Crippen molar-refractivity contribution < 1.29 is 10.2 Å². The van der Waals surface area contributed by atoms with E-state index in [9.17, 15) is 10.2 Å². The van der Waals surface area contributed by atoms with Gasteiger partial charge in [-0.1, -0.05) is 65.2 Å². The first kappa shape index (κ1) is 20.5. The lowest BCUT2D eigenvalue weighted by molar-refractivity contribution is 0.0142. The first-order valence-corrected chi connectivity index (χ1v) is 11.5. The molecule has 2 nitrogen and oxygen atoms in total. The summed E-state index contributed by atoms with van der Waals surface area (Å²) in [5.74, 6) is 0.327. The highest BCUT2D eigenvalue weighted by atomic mass is 32.1. The molecule has 0 aliphatic rings. The predicted molar refractivity (Wildman–Crippen MR) is 111 cm³/mol. The van der Waals surface area contributed by atoms with Crippen LogP contribution in [0.4, 0.5) is 0 Å². The second-order valence-electron chi connectivity index (χ2n) is 6.95. The molecule has 0 saturated heterocycles. The van der Waals surface area contributed by atoms with Crippen molar-refractivity contribution in [1.82, 2.24) is 0 Å². The molecule has 0 aliphatic carbocycles. The molecule has 4 heteroatoms. The van der Waals surface area contributed by atoms with Gasteiger partial charge in [0.1, 0.15) is 5.75 Å². The molecular formula is C21H32O2S2. The van der Waals surface area contributed by atoms with Crippen molar-refractivity contribution in [2.75, 3.05) is 0 Å². The summed E-state index contributed by atoms with van der Waals surface area (Å²) in [4.78, 5) is 1.94. The predicted octanol–water partition coefficient (Wildman–Crippen LogP) is 7.31. The maximum absolute atomic E-state index is 11.6. The average Bonchev–Trinajstić information content (AvgIpc) is 3.24. The minimum Gasteiger partial charge on any atom is -0.506 e. The molecule has 2 aromatic heterocycles. The maximum atomic E-state index is 11.6. The molecule has 0 atom stereocenters. The Kier molecular flexibility index (Phi) is 8.47. The molecular weight excluding hydrogens is 348 g/mol. The fourth-order valence-corrected chi connectivity index (χ4v) is 5.37. The highest BCUT2D eigenvalue weighted by molar-refractivity contribution is 7.20. The van der Waals surface area contributed by atoms with Gasteiger partial charge in [-0.25, -0.2) is 0 Å². The van der Waals surface area contributed by atoms with Gasteiger partial charge in [-0.2, -0.15) is 0 Å². The van der Waals surface area contributed by atoms with Crippen molar-refractivity contribution in [2.45, 2.75) is 83.7 Å². The first-order chi connectivity index (χ1) is 12.1. The van der Waals surface area contributed by atoms with E-state index < -0.39 is 5.60 Å². The van der Waals surface area contributed by atoms with Crippen molar-refractivity contribution in [3.05, 3.63) is 28.5 Å². The summed E-state index contributed by atoms with van der Waals surface area (Å²) in [6.45, 7) is 4.43. The van der Waals surface area contributed by atoms with Gasteiger partial charge in [-0.05, 0) is 35.7 Å². The maximum Gasteiger partial charge on any atom is 0.135 e. The summed E-state index contributed by atoms with van der Waals surface area (Å²) in [6.07, 6.45) is 11.0. The van der Waals surface area contributed by atoms with Crippen LogP contribution in [-0.4, -0.2) is 10.2 Å². The Hall–Kier alpha value is -0.840. The normalized spacial score (nSPS) is 12.0. The van der Waals surface area contributed by atoms with Crippen LogP contribution < -0.4 is 0 Å². The summed E-state index contributed by atoms with van der Waals surface area (Å²) in [6, 6.07) is 3.81. The Labute approximate surface area is 160 Å². The van der Waals surface area contributed by atoms with Gasteiger partial charge in [0.15, 0.2) is 0 Å². The molecule has 0 aromatic carbocycles. The molecule has 0 fully saturated rings. The van der Waals surface area contributed by atoms with Gasteiger partial charge in [0.25, 0.3) is 0 Å². The van der Waals surface area contributed by atoms with Gasteiger partial charge in [0.05, 0.1) is 15.4 Å². The number of aliphatic hydroxyl groups is 1. The highest BCUT2D eigenvalue weighted by Gasteiger charge is 2.32. The zero-order valence-corrected chi connectivity index (χ0v) is 17.2. The monoisotopic (exact) mass is 380 g/mol. The molecule has 2 rings (SSSR count). The highest BCUT2D eigenvalue weighted by Crippen LogP contribution is 2.46. The third-order valence-electron chi connectivity index (χ3n) is 4.91. The largest absolute Gasteiger partial charge is 0.506 e. The summed E-state index contributed by atoms with van der Waals surface area (Å²) in [5.41, 5.74) is 0.246. The summed E-state index contributed by atoms with van der Waals surface area (Å²) in [5, 5.41) is 25.7. The van der Waals surface area contributed by atoms with E-state index in [2.05, 4.69) is 19.9 Å². The van der Waals surface area contributed by atoms with E-state index >= 15 is 0 Å². The summed E-state index contributed by atoms with van der Waals surface area (Å²) in [7, 11) is 0. The second-order valence-corrected chi connectivity index (χ2v) is 8.78. The van der Waals surface area contributed by atoms with Crippen molar-refractivity contribution in [2.24, 2.45) is 0 Å². The number of rotatable bonds is 12. The van der Waals surface area contributed by atoms with Crippen molar-refractivity contribution >= 4 is 22.7 Å². The number of thiophene rings is 2. The molecule has 2 N–H and O–H groups in total. The standard InChI is InChI=1S/C21H32O2S2/c1-3-5-7-9-13-21(23,14-10-8-6-4-2)17-11-15-24-19(17)20-18(22)12-16-25-20/h11-12,15-16,22-23H,3-10,13-14H2,1-2H3. The minimum atomic E-state index is -0.771. The Balaban J connectivity index is 2.19. The van der Waals surface area contributed by atoms with Gasteiger partial charge in [-0.15, -0.1) is 22.7 Å². The minimum absolute atomic E-state index is 0.327. The van der Waals surface area contributed by atoms with Crippen molar-refractivity contribution in [3.8, 4) is 15.5 Å². The number of hydrogen-bond acceptors (Lipinski definition) is 4. The van der Waals surface area contributed by atoms with E-state index in [1.807, 2.05) is 10.8 Å². The van der Waals surface area contributed by atoms with Gasteiger partial charge >= 0.3 is 0 Å². The third-order valence-corrected chi connectivity index (χ3v) is 6.89. The van der Waals surface area contributed by atoms with Crippen molar-refractivity contribution in [3.63, 3.8) is 0 Å². The zero-order chi connectivity index (χ0) is 18.1. The van der Waals surface area contributed by atoms with E-state index in [0.717, 1.165) is 41.0 Å². The van der Waals surface area contributed by atoms with Crippen LogP contribution in [-0.2, 0) is 5.60 Å². The Morgan fingerprint density at radius 3 is 1.88 bits per heavy atom. The van der Waals surface area contributed by atoms with E-state index in [1.54, 1.807) is 28.7 Å². The number of hydrogen-bond donors (Lipinski definition) is 2. The van der Waals surface area contributed by atoms with Crippen LogP contribution in [0.25, 0.3) is 9.75 Å². The summed E-state index contributed by atoms with van der Waals surface area (Å²) >= 11 is 3.18. The number of unbranched alkanes of at least 4 members (excludes halogenated alkanes) is 6. The lowest BCUT2D eigenvalue weighted by Gasteiger charge is -2.29. The summed E-state index contributed by atoms with van der Waals surface area (Å²) < 4.78 is 0. The van der Waals surface area contributed by atoms with E-state index in [-0.39, 0.29) is 0 Å². The zero-order valence-electron chi connectivity index (χ0n) is 15.6. The van der Waals surface area contributed by atoms with Crippen LogP contribution in [0.5, 0.6) is 5.75 Å². The molecule has 2 aromatic rings. The molecule has 0 radical (unpaired) electrons. The van der Waals surface area contributed by atoms with Gasteiger partial charge in [0.2, 0.25) is 0 Å². The average molecular weight is 381 g/mol. The second kappa shape index (κ2) is 10.3. The molecule has 0 spiro atoms. The Morgan fingerprint density at radius 1 is 0.800 bits per heavy atom. The van der Waals surface area contributed by atoms with Crippen LogP contribution in [0.2, 0.25) is 0 Å². The van der Waals surface area contributed by atoms with Gasteiger partial charge < -0.3 is 10.2 Å². The van der Waals surface area contributed by atoms with Crippen molar-refractivity contribution in [1.29, 1.82) is 0 Å². The molecule has 0 saturated carbocycles. The van der Waals surface area contributed by atoms with Gasteiger partial charge in [-0.3, -0.25) is 0 Å². The fraction of sp³-hybridized carbons (Fsp3) is 0.619. The fourth-order valence-electron chi connectivity index (χ4n) is 3.41. The van der Waals surface area contributed by atoms with Crippen LogP contribution >= 0.6 is 22.7 Å². The van der Waals surface area contributed by atoms with Gasteiger partial charge in [0, 0.05) is 5.56 Å². The first-order valence-electron chi connectivity index (χ1n) is 9.69. The molecule has 0 amide bonds. The number of aromatic hydroxyl groups is 1. The van der Waals surface area contributed by atoms with E-state index in [4.69, 9.17) is 0 Å². The van der Waals surface area contributed by atoms with E-state index in [1.165, 1.54) is 38.5 Å². The molecule has 0 bridgehead atoms. The van der Waals surface area contributed by atoms with Crippen LogP contribution in [0.15, 0.2) is 22.9 Å². The Morgan fingerprint density at radius 2 is 1.36 bits per heavy atom. The quantitative estimate of drug-likeness (QED) is 0.379. The molecule has 2 heterocycles. The SMILES string of the molecule is CCCCCCC(O)(CCCCCC)c1ccsc1-c1sccc1O. The van der Waals surface area contributed by atoms with Crippen LogP contribution in [0.3, 0.4) is 0 Å². The molecule has 0 aliphatic heterocycles. The van der Waals surface area contributed by atoms with Crippen LogP contribution in [0.1, 0.15) is 83.6 Å². The lowest BCUT2D eigenvalue weighted by Crippen LogP contribution is -2.26. The van der Waals surface area contributed by atoms with Crippen LogP contribution in [0, 0.1) is 0 Å². The Bertz CT molecular complexity index is 603. The molecule has 140 valence electrons. The molecule has 25 heavy (non-hydrogen) atoms. The lowest BCUT2D eigenvalue weighted by atomic mass is 9.83. The third kappa shape index (κ3) is 5.57. The smallest absolute Gasteiger partial charge is 0.135 e. The topological polar surface area (TPSA) is 40.5 Å².